The first-order valence-electron chi connectivity index (χ1n) is 2.24. The Morgan fingerprint density at radius 2 is 2.20 bits per heavy atom. The minimum Gasteiger partial charge on any atom is -0.468 e. The van der Waals surface area contributed by atoms with Crippen LogP contribution in [0.3, 0.4) is 0 Å². The molecule has 0 aliphatic heterocycles. The van der Waals surface area contributed by atoms with Crippen LogP contribution in [-0.2, 0) is 19.8 Å². The lowest BCUT2D eigenvalue weighted by Crippen LogP contribution is -2.29. The van der Waals surface area contributed by atoms with Crippen molar-refractivity contribution in [2.24, 2.45) is 0 Å². The highest BCUT2D eigenvalue weighted by atomic mass is 32.2. The molecular weight excluding hydrogens is 162 g/mol. The Kier molecular flexibility index (Phi) is 3.26. The van der Waals surface area contributed by atoms with Gasteiger partial charge in [-0.3, -0.25) is 9.35 Å². The maximum absolute atomic E-state index is 10.2. The van der Waals surface area contributed by atoms with Gasteiger partial charge in [-0.2, -0.15) is 13.1 Å². The first-order valence-corrected chi connectivity index (χ1v) is 3.68. The molecule has 10 heavy (non-hydrogen) atoms. The Hall–Kier alpha value is -0.660. The Labute approximate surface area is 58.1 Å². The Morgan fingerprint density at radius 3 is 2.50 bits per heavy atom. The van der Waals surface area contributed by atoms with Gasteiger partial charge in [-0.1, -0.05) is 0 Å². The molecular formula is C3H7NO5S. The number of hydrogen-bond acceptors (Lipinski definition) is 4. The lowest BCUT2D eigenvalue weighted by atomic mass is 10.7. The third kappa shape index (κ3) is 5.48. The van der Waals surface area contributed by atoms with Crippen molar-refractivity contribution in [3.63, 3.8) is 0 Å². The highest BCUT2D eigenvalue weighted by Crippen LogP contribution is 1.74. The van der Waals surface area contributed by atoms with Gasteiger partial charge in [-0.15, -0.1) is 0 Å². The van der Waals surface area contributed by atoms with E-state index in [4.69, 9.17) is 4.55 Å². The number of methoxy groups -OCH3 is 1. The van der Waals surface area contributed by atoms with Gasteiger partial charge in [0, 0.05) is 0 Å². The van der Waals surface area contributed by atoms with Crippen LogP contribution in [0.25, 0.3) is 0 Å². The summed E-state index contributed by atoms with van der Waals surface area (Å²) in [6, 6.07) is 0. The molecule has 0 aromatic heterocycles. The smallest absolute Gasteiger partial charge is 0.333 e. The van der Waals surface area contributed by atoms with Crippen molar-refractivity contribution in [3.8, 4) is 0 Å². The van der Waals surface area contributed by atoms with E-state index in [1.165, 1.54) is 4.72 Å². The van der Waals surface area contributed by atoms with Crippen LogP contribution >= 0.6 is 0 Å². The standard InChI is InChI=1S/C3H7NO5S/c1-9-3(5)2-4-10(6,7)8/h4H,2H2,1H3,(H,6,7,8). The maximum Gasteiger partial charge on any atom is 0.333 e. The average Bonchev–Trinajstić information content (AvgIpc) is 1.81. The fourth-order valence-electron chi connectivity index (χ4n) is 0.222. The summed E-state index contributed by atoms with van der Waals surface area (Å²) in [5, 5.41) is 0. The number of ether oxygens (including phenoxy) is 1. The van der Waals surface area contributed by atoms with Crippen LogP contribution in [0.15, 0.2) is 0 Å². The topological polar surface area (TPSA) is 92.7 Å². The second kappa shape index (κ2) is 3.49. The summed E-state index contributed by atoms with van der Waals surface area (Å²) in [4.78, 5) is 10.2. The molecule has 0 heterocycles. The Morgan fingerprint density at radius 1 is 1.70 bits per heavy atom. The van der Waals surface area contributed by atoms with Crippen molar-refractivity contribution in [2.45, 2.75) is 0 Å². The van der Waals surface area contributed by atoms with Crippen LogP contribution in [-0.4, -0.2) is 32.6 Å². The van der Waals surface area contributed by atoms with Crippen LogP contribution in [0, 0.1) is 0 Å². The number of carbonyl (C=O) groups is 1. The van der Waals surface area contributed by atoms with E-state index in [-0.39, 0.29) is 0 Å². The lowest BCUT2D eigenvalue weighted by Gasteiger charge is -1.97. The lowest BCUT2D eigenvalue weighted by molar-refractivity contribution is -0.139. The molecule has 6 nitrogen and oxygen atoms in total. The molecule has 0 fully saturated rings. The van der Waals surface area contributed by atoms with E-state index >= 15 is 0 Å². The molecule has 0 unspecified atom stereocenters. The largest absolute Gasteiger partial charge is 0.468 e. The van der Waals surface area contributed by atoms with Gasteiger partial charge in [-0.25, -0.2) is 0 Å². The van der Waals surface area contributed by atoms with E-state index in [0.29, 0.717) is 0 Å². The van der Waals surface area contributed by atoms with Gasteiger partial charge in [0.05, 0.1) is 7.11 Å². The van der Waals surface area contributed by atoms with Crippen molar-refractivity contribution < 1.29 is 22.5 Å². The third-order valence-corrected chi connectivity index (χ3v) is 1.14. The Bertz CT molecular complexity index is 207. The molecule has 0 rings (SSSR count). The van der Waals surface area contributed by atoms with E-state index in [1.54, 1.807) is 0 Å². The summed E-state index contributed by atoms with van der Waals surface area (Å²) >= 11 is 0. The number of carbonyl (C=O) groups excluding carboxylic acids is 1. The monoisotopic (exact) mass is 169 g/mol. The van der Waals surface area contributed by atoms with E-state index in [9.17, 15) is 13.2 Å². The summed E-state index contributed by atoms with van der Waals surface area (Å²) in [7, 11) is -3.17. The van der Waals surface area contributed by atoms with Crippen molar-refractivity contribution in [2.75, 3.05) is 13.7 Å². The van der Waals surface area contributed by atoms with Gasteiger partial charge < -0.3 is 4.74 Å². The first kappa shape index (κ1) is 9.34. The summed E-state index contributed by atoms with van der Waals surface area (Å²) in [6.45, 7) is -0.560. The summed E-state index contributed by atoms with van der Waals surface area (Å²) in [5.41, 5.74) is 0. The molecule has 0 amide bonds. The quantitative estimate of drug-likeness (QED) is 0.398. The SMILES string of the molecule is COC(=O)CNS(=O)(=O)O. The van der Waals surface area contributed by atoms with Crippen molar-refractivity contribution in [1.29, 1.82) is 0 Å². The molecule has 0 spiro atoms. The second-order valence-electron chi connectivity index (χ2n) is 1.37. The third-order valence-electron chi connectivity index (χ3n) is 0.627. The number of esters is 1. The molecule has 0 saturated heterocycles. The van der Waals surface area contributed by atoms with Crippen LogP contribution < -0.4 is 4.72 Å². The summed E-state index contributed by atoms with van der Waals surface area (Å²) < 4.78 is 33.4. The highest BCUT2D eigenvalue weighted by molar-refractivity contribution is 7.83. The molecule has 0 atom stereocenters. The van der Waals surface area contributed by atoms with Crippen molar-refractivity contribution in [3.05, 3.63) is 0 Å². The summed E-state index contributed by atoms with van der Waals surface area (Å²) in [6.07, 6.45) is 0. The van der Waals surface area contributed by atoms with Gasteiger partial charge in [0.25, 0.3) is 0 Å². The molecule has 2 N–H and O–H groups in total. The van der Waals surface area contributed by atoms with Gasteiger partial charge in [-0.05, 0) is 0 Å². The molecule has 60 valence electrons. The van der Waals surface area contributed by atoms with Gasteiger partial charge in [0.2, 0.25) is 0 Å². The van der Waals surface area contributed by atoms with Crippen molar-refractivity contribution >= 4 is 16.3 Å². The fraction of sp³-hybridized carbons (Fsp3) is 0.667. The zero-order valence-corrected chi connectivity index (χ0v) is 6.01. The van der Waals surface area contributed by atoms with Crippen LogP contribution in [0.1, 0.15) is 0 Å². The highest BCUT2D eigenvalue weighted by Gasteiger charge is 2.06. The molecule has 0 aliphatic carbocycles. The summed E-state index contributed by atoms with van der Waals surface area (Å²) in [5.74, 6) is -0.766. The van der Waals surface area contributed by atoms with Gasteiger partial charge in [0.15, 0.2) is 0 Å². The normalized spacial score (nSPS) is 11.0. The number of nitrogens with one attached hydrogen (secondary N) is 1. The predicted molar refractivity (Wildman–Crippen MR) is 31.6 cm³/mol. The predicted octanol–water partition coefficient (Wildman–Crippen LogP) is -1.45. The van der Waals surface area contributed by atoms with E-state index in [2.05, 4.69) is 4.74 Å². The second-order valence-corrected chi connectivity index (χ2v) is 2.61. The first-order chi connectivity index (χ1) is 4.45. The fourth-order valence-corrected chi connectivity index (χ4v) is 0.523. The number of hydrogen-bond donors (Lipinski definition) is 2. The Balaban J connectivity index is 3.67. The van der Waals surface area contributed by atoms with E-state index in [1.807, 2.05) is 0 Å². The van der Waals surface area contributed by atoms with E-state index < -0.39 is 22.8 Å². The average molecular weight is 169 g/mol. The van der Waals surface area contributed by atoms with Crippen LogP contribution in [0.2, 0.25) is 0 Å². The zero-order valence-electron chi connectivity index (χ0n) is 5.20. The minimum atomic E-state index is -4.28. The van der Waals surface area contributed by atoms with Crippen LogP contribution in [0.5, 0.6) is 0 Å². The molecule has 0 radical (unpaired) electrons. The molecule has 0 bridgehead atoms. The number of rotatable bonds is 3. The molecule has 0 aliphatic rings. The molecule has 0 aromatic rings. The van der Waals surface area contributed by atoms with Crippen LogP contribution in [0.4, 0.5) is 0 Å². The zero-order chi connectivity index (χ0) is 8.20. The van der Waals surface area contributed by atoms with E-state index in [0.717, 1.165) is 7.11 Å². The van der Waals surface area contributed by atoms with Gasteiger partial charge >= 0.3 is 16.3 Å². The van der Waals surface area contributed by atoms with Gasteiger partial charge in [0.1, 0.15) is 6.54 Å². The molecule has 0 aromatic carbocycles. The maximum atomic E-state index is 10.2. The minimum absolute atomic E-state index is 0.560. The molecule has 0 saturated carbocycles. The van der Waals surface area contributed by atoms with Crippen molar-refractivity contribution in [1.82, 2.24) is 4.72 Å². The molecule has 7 heteroatoms.